The number of benzene rings is 1. The van der Waals surface area contributed by atoms with Crippen molar-refractivity contribution >= 4 is 17.5 Å². The molecule has 114 valence electrons. The number of aromatic nitrogens is 1. The SMILES string of the molecule is O=C(Cc1ccc(Cl)cc1)N1CCN[C@@H](c2ccncc2)C1. The number of carbonyl (C=O) groups is 1. The summed E-state index contributed by atoms with van der Waals surface area (Å²) in [4.78, 5) is 18.4. The van der Waals surface area contributed by atoms with Gasteiger partial charge in [0.25, 0.3) is 0 Å². The number of hydrogen-bond acceptors (Lipinski definition) is 3. The van der Waals surface area contributed by atoms with E-state index in [-0.39, 0.29) is 11.9 Å². The van der Waals surface area contributed by atoms with Crippen molar-refractivity contribution in [3.63, 3.8) is 0 Å². The molecule has 0 bridgehead atoms. The molecule has 1 saturated heterocycles. The molecule has 1 aromatic carbocycles. The fourth-order valence-corrected chi connectivity index (χ4v) is 2.81. The van der Waals surface area contributed by atoms with Gasteiger partial charge in [-0.3, -0.25) is 9.78 Å². The molecular weight excluding hydrogens is 298 g/mol. The Morgan fingerprint density at radius 1 is 1.23 bits per heavy atom. The van der Waals surface area contributed by atoms with Crippen molar-refractivity contribution in [1.82, 2.24) is 15.2 Å². The zero-order valence-corrected chi connectivity index (χ0v) is 13.0. The molecule has 1 fully saturated rings. The molecule has 4 nitrogen and oxygen atoms in total. The van der Waals surface area contributed by atoms with E-state index in [1.807, 2.05) is 41.3 Å². The molecule has 1 aliphatic heterocycles. The van der Waals surface area contributed by atoms with Crippen LogP contribution in [0.2, 0.25) is 5.02 Å². The van der Waals surface area contributed by atoms with E-state index in [1.165, 1.54) is 5.56 Å². The normalized spacial score (nSPS) is 18.2. The summed E-state index contributed by atoms with van der Waals surface area (Å²) in [5, 5.41) is 4.14. The molecule has 0 radical (unpaired) electrons. The highest BCUT2D eigenvalue weighted by atomic mass is 35.5. The number of hydrogen-bond donors (Lipinski definition) is 1. The lowest BCUT2D eigenvalue weighted by Gasteiger charge is -2.34. The minimum atomic E-state index is 0.155. The van der Waals surface area contributed by atoms with Crippen LogP contribution in [0.15, 0.2) is 48.8 Å². The van der Waals surface area contributed by atoms with E-state index in [9.17, 15) is 4.79 Å². The van der Waals surface area contributed by atoms with Gasteiger partial charge in [-0.2, -0.15) is 0 Å². The predicted octanol–water partition coefficient (Wildman–Crippen LogP) is 2.45. The van der Waals surface area contributed by atoms with Crippen LogP contribution in [0.1, 0.15) is 17.2 Å². The minimum Gasteiger partial charge on any atom is -0.339 e. The second kappa shape index (κ2) is 6.90. The van der Waals surface area contributed by atoms with Crippen LogP contribution < -0.4 is 5.32 Å². The molecule has 1 aromatic heterocycles. The Kier molecular flexibility index (Phi) is 4.71. The smallest absolute Gasteiger partial charge is 0.227 e. The van der Waals surface area contributed by atoms with Crippen LogP contribution in [0.5, 0.6) is 0 Å². The number of carbonyl (C=O) groups excluding carboxylic acids is 1. The third-order valence-electron chi connectivity index (χ3n) is 3.91. The first-order valence-corrected chi connectivity index (χ1v) is 7.76. The summed E-state index contributed by atoms with van der Waals surface area (Å²) < 4.78 is 0. The maximum atomic E-state index is 12.5. The number of amides is 1. The highest BCUT2D eigenvalue weighted by Gasteiger charge is 2.24. The molecule has 2 aromatic rings. The molecule has 22 heavy (non-hydrogen) atoms. The maximum absolute atomic E-state index is 12.5. The maximum Gasteiger partial charge on any atom is 0.227 e. The van der Waals surface area contributed by atoms with E-state index in [4.69, 9.17) is 11.6 Å². The van der Waals surface area contributed by atoms with Gasteiger partial charge in [0, 0.05) is 37.1 Å². The molecular formula is C17H18ClN3O. The van der Waals surface area contributed by atoms with Crippen LogP contribution >= 0.6 is 11.6 Å². The summed E-state index contributed by atoms with van der Waals surface area (Å²) in [5.41, 5.74) is 2.16. The van der Waals surface area contributed by atoms with Crippen LogP contribution in [-0.4, -0.2) is 35.4 Å². The van der Waals surface area contributed by atoms with E-state index < -0.39 is 0 Å². The van der Waals surface area contributed by atoms with Crippen molar-refractivity contribution in [2.45, 2.75) is 12.5 Å². The van der Waals surface area contributed by atoms with Crippen molar-refractivity contribution in [3.8, 4) is 0 Å². The lowest BCUT2D eigenvalue weighted by molar-refractivity contribution is -0.131. The highest BCUT2D eigenvalue weighted by molar-refractivity contribution is 6.30. The van der Waals surface area contributed by atoms with Gasteiger partial charge < -0.3 is 10.2 Å². The van der Waals surface area contributed by atoms with E-state index in [0.717, 1.165) is 18.7 Å². The second-order valence-electron chi connectivity index (χ2n) is 5.43. The monoisotopic (exact) mass is 315 g/mol. The Morgan fingerprint density at radius 3 is 2.68 bits per heavy atom. The van der Waals surface area contributed by atoms with E-state index >= 15 is 0 Å². The Balaban J connectivity index is 1.64. The molecule has 5 heteroatoms. The number of pyridine rings is 1. The van der Waals surface area contributed by atoms with Crippen LogP contribution in [0.4, 0.5) is 0 Å². The molecule has 1 aliphatic rings. The van der Waals surface area contributed by atoms with E-state index in [2.05, 4.69) is 10.3 Å². The zero-order chi connectivity index (χ0) is 15.4. The van der Waals surface area contributed by atoms with E-state index in [0.29, 0.717) is 18.0 Å². The molecule has 1 N–H and O–H groups in total. The molecule has 0 saturated carbocycles. The first-order chi connectivity index (χ1) is 10.7. The standard InChI is InChI=1S/C17H18ClN3O/c18-15-3-1-13(2-4-15)11-17(22)21-10-9-20-16(12-21)14-5-7-19-8-6-14/h1-8,16,20H,9-12H2/t16-/m1/s1. The van der Waals surface area contributed by atoms with Crippen molar-refractivity contribution in [2.24, 2.45) is 0 Å². The van der Waals surface area contributed by atoms with Crippen molar-refractivity contribution in [1.29, 1.82) is 0 Å². The molecule has 0 unspecified atom stereocenters. The number of rotatable bonds is 3. The second-order valence-corrected chi connectivity index (χ2v) is 5.87. The molecule has 0 aliphatic carbocycles. The zero-order valence-electron chi connectivity index (χ0n) is 12.2. The average Bonchev–Trinajstić information content (AvgIpc) is 2.58. The Bertz CT molecular complexity index is 630. The number of piperazine rings is 1. The topological polar surface area (TPSA) is 45.2 Å². The van der Waals surface area contributed by atoms with Gasteiger partial charge in [0.15, 0.2) is 0 Å². The van der Waals surface area contributed by atoms with Gasteiger partial charge in [0.2, 0.25) is 5.91 Å². The fraction of sp³-hybridized carbons (Fsp3) is 0.294. The quantitative estimate of drug-likeness (QED) is 0.946. The third kappa shape index (κ3) is 3.64. The molecule has 1 amide bonds. The Labute approximate surface area is 135 Å². The third-order valence-corrected chi connectivity index (χ3v) is 4.16. The molecule has 3 rings (SSSR count). The Hall–Kier alpha value is -1.91. The van der Waals surface area contributed by atoms with E-state index in [1.54, 1.807) is 12.4 Å². The van der Waals surface area contributed by atoms with Crippen molar-refractivity contribution in [2.75, 3.05) is 19.6 Å². The number of nitrogens with one attached hydrogen (secondary N) is 1. The summed E-state index contributed by atoms with van der Waals surface area (Å²) in [6.45, 7) is 2.24. The van der Waals surface area contributed by atoms with Gasteiger partial charge in [0.1, 0.15) is 0 Å². The lowest BCUT2D eigenvalue weighted by atomic mass is 10.0. The van der Waals surface area contributed by atoms with Gasteiger partial charge in [0.05, 0.1) is 12.5 Å². The van der Waals surface area contributed by atoms with Gasteiger partial charge in [-0.25, -0.2) is 0 Å². The summed E-state index contributed by atoms with van der Waals surface area (Å²) in [5.74, 6) is 0.155. The summed E-state index contributed by atoms with van der Waals surface area (Å²) in [7, 11) is 0. The van der Waals surface area contributed by atoms with Gasteiger partial charge in [-0.1, -0.05) is 23.7 Å². The van der Waals surface area contributed by atoms with Crippen LogP contribution in [-0.2, 0) is 11.2 Å². The largest absolute Gasteiger partial charge is 0.339 e. The van der Waals surface area contributed by atoms with Gasteiger partial charge >= 0.3 is 0 Å². The highest BCUT2D eigenvalue weighted by Crippen LogP contribution is 2.17. The van der Waals surface area contributed by atoms with Crippen LogP contribution in [0, 0.1) is 0 Å². The van der Waals surface area contributed by atoms with Crippen molar-refractivity contribution < 1.29 is 4.79 Å². The minimum absolute atomic E-state index is 0.155. The number of halogens is 1. The van der Waals surface area contributed by atoms with Crippen LogP contribution in [0.3, 0.4) is 0 Å². The first-order valence-electron chi connectivity index (χ1n) is 7.38. The average molecular weight is 316 g/mol. The van der Waals surface area contributed by atoms with Crippen LogP contribution in [0.25, 0.3) is 0 Å². The molecule has 2 heterocycles. The van der Waals surface area contributed by atoms with Crippen molar-refractivity contribution in [3.05, 3.63) is 64.9 Å². The summed E-state index contributed by atoms with van der Waals surface area (Å²) in [6, 6.07) is 11.6. The molecule has 1 atom stereocenters. The van der Waals surface area contributed by atoms with Gasteiger partial charge in [-0.15, -0.1) is 0 Å². The lowest BCUT2D eigenvalue weighted by Crippen LogP contribution is -2.48. The van der Waals surface area contributed by atoms with Gasteiger partial charge in [-0.05, 0) is 35.4 Å². The summed E-state index contributed by atoms with van der Waals surface area (Å²) in [6.07, 6.45) is 3.98. The summed E-state index contributed by atoms with van der Waals surface area (Å²) >= 11 is 5.88. The first kappa shape index (κ1) is 15.0. The fourth-order valence-electron chi connectivity index (χ4n) is 2.68. The number of nitrogens with zero attached hydrogens (tertiary/aromatic N) is 2. The Morgan fingerprint density at radius 2 is 1.95 bits per heavy atom. The molecule has 0 spiro atoms. The predicted molar refractivity (Wildman–Crippen MR) is 86.7 cm³/mol.